The summed E-state index contributed by atoms with van der Waals surface area (Å²) in [5.41, 5.74) is 2.51. The highest BCUT2D eigenvalue weighted by atomic mass is 16.5. The van der Waals surface area contributed by atoms with Crippen LogP contribution in [0.15, 0.2) is 60.7 Å². The Kier molecular flexibility index (Phi) is 6.86. The lowest BCUT2D eigenvalue weighted by Crippen LogP contribution is -2.55. The maximum atomic E-state index is 5.56. The van der Waals surface area contributed by atoms with Gasteiger partial charge >= 0.3 is 0 Å². The summed E-state index contributed by atoms with van der Waals surface area (Å²) in [5, 5.41) is 0. The van der Waals surface area contributed by atoms with E-state index in [1.54, 1.807) is 7.11 Å². The van der Waals surface area contributed by atoms with Gasteiger partial charge in [0.25, 0.3) is 0 Å². The molecule has 0 amide bonds. The molecule has 2 aromatic carbocycles. The first-order valence-electron chi connectivity index (χ1n) is 10.9. The van der Waals surface area contributed by atoms with E-state index < -0.39 is 0 Å². The summed E-state index contributed by atoms with van der Waals surface area (Å²) in [6, 6.07) is 19.7. The highest BCUT2D eigenvalue weighted by molar-refractivity contribution is 5.58. The molecule has 2 fully saturated rings. The van der Waals surface area contributed by atoms with Crippen LogP contribution in [0.2, 0.25) is 0 Å². The third kappa shape index (κ3) is 5.20. The van der Waals surface area contributed by atoms with E-state index in [-0.39, 0.29) is 0 Å². The monoisotopic (exact) mass is 391 g/mol. The number of likely N-dealkylation sites (tertiary alicyclic amines) is 1. The predicted molar refractivity (Wildman–Crippen MR) is 122 cm³/mol. The Labute approximate surface area is 175 Å². The molecular weight excluding hydrogens is 358 g/mol. The molecule has 0 aromatic heterocycles. The Bertz CT molecular complexity index is 784. The summed E-state index contributed by atoms with van der Waals surface area (Å²) in [7, 11) is 1.76. The van der Waals surface area contributed by atoms with E-state index in [1.807, 2.05) is 6.07 Å². The van der Waals surface area contributed by atoms with Crippen LogP contribution in [0.1, 0.15) is 18.4 Å². The quantitative estimate of drug-likeness (QED) is 0.741. The summed E-state index contributed by atoms with van der Waals surface area (Å²) < 4.78 is 5.56. The van der Waals surface area contributed by atoms with E-state index in [1.165, 1.54) is 37.2 Å². The number of ether oxygens (including phenoxy) is 1. The Morgan fingerprint density at radius 3 is 2.48 bits per heavy atom. The molecule has 29 heavy (non-hydrogen) atoms. The van der Waals surface area contributed by atoms with E-state index in [2.05, 4.69) is 75.4 Å². The van der Waals surface area contributed by atoms with Gasteiger partial charge in [-0.1, -0.05) is 54.6 Å². The Hall–Kier alpha value is -2.30. The van der Waals surface area contributed by atoms with E-state index >= 15 is 0 Å². The molecule has 154 valence electrons. The second-order valence-corrected chi connectivity index (χ2v) is 8.06. The molecule has 0 radical (unpaired) electrons. The van der Waals surface area contributed by atoms with E-state index in [9.17, 15) is 0 Å². The first-order chi connectivity index (χ1) is 14.3. The highest BCUT2D eigenvalue weighted by Gasteiger charge is 2.28. The fourth-order valence-corrected chi connectivity index (χ4v) is 4.62. The van der Waals surface area contributed by atoms with Crippen molar-refractivity contribution < 1.29 is 4.74 Å². The molecule has 0 saturated carbocycles. The maximum absolute atomic E-state index is 5.56. The zero-order chi connectivity index (χ0) is 19.9. The van der Waals surface area contributed by atoms with Crippen LogP contribution in [0.3, 0.4) is 0 Å². The largest absolute Gasteiger partial charge is 0.495 e. The van der Waals surface area contributed by atoms with Crippen molar-refractivity contribution in [1.82, 2.24) is 9.80 Å². The van der Waals surface area contributed by atoms with Crippen molar-refractivity contribution in [3.63, 3.8) is 0 Å². The molecule has 4 heteroatoms. The van der Waals surface area contributed by atoms with E-state index in [0.717, 1.165) is 38.5 Å². The minimum absolute atomic E-state index is 0.689. The van der Waals surface area contributed by atoms with Gasteiger partial charge in [-0.2, -0.15) is 0 Å². The lowest BCUT2D eigenvalue weighted by molar-refractivity contribution is 0.0991. The lowest BCUT2D eigenvalue weighted by atomic mass is 10.0. The summed E-state index contributed by atoms with van der Waals surface area (Å²) in [6.07, 6.45) is 7.19. The number of piperidine rings is 1. The van der Waals surface area contributed by atoms with Crippen molar-refractivity contribution in [2.75, 3.05) is 57.8 Å². The van der Waals surface area contributed by atoms with Crippen molar-refractivity contribution in [1.29, 1.82) is 0 Å². The van der Waals surface area contributed by atoms with Crippen LogP contribution >= 0.6 is 0 Å². The van der Waals surface area contributed by atoms with Crippen molar-refractivity contribution in [3.05, 3.63) is 66.2 Å². The number of anilines is 1. The Morgan fingerprint density at radius 2 is 1.69 bits per heavy atom. The predicted octanol–water partition coefficient (Wildman–Crippen LogP) is 4.00. The molecular formula is C25H33N3O. The van der Waals surface area contributed by atoms with Gasteiger partial charge in [-0.15, -0.1) is 0 Å². The smallest absolute Gasteiger partial charge is 0.142 e. The van der Waals surface area contributed by atoms with Crippen LogP contribution in [-0.2, 0) is 0 Å². The van der Waals surface area contributed by atoms with Gasteiger partial charge in [-0.25, -0.2) is 0 Å². The minimum Gasteiger partial charge on any atom is -0.495 e. The van der Waals surface area contributed by atoms with Gasteiger partial charge in [-0.05, 0) is 37.1 Å². The van der Waals surface area contributed by atoms with Crippen molar-refractivity contribution in [2.45, 2.75) is 18.9 Å². The Morgan fingerprint density at radius 1 is 0.931 bits per heavy atom. The van der Waals surface area contributed by atoms with E-state index in [0.29, 0.717) is 6.04 Å². The molecule has 4 nitrogen and oxygen atoms in total. The number of para-hydroxylation sites is 2. The number of methoxy groups -OCH3 is 1. The van der Waals surface area contributed by atoms with Gasteiger partial charge in [-0.3, -0.25) is 9.80 Å². The number of hydrogen-bond acceptors (Lipinski definition) is 4. The molecule has 1 atom stereocenters. The van der Waals surface area contributed by atoms with Crippen molar-refractivity contribution >= 4 is 11.8 Å². The summed E-state index contributed by atoms with van der Waals surface area (Å²) in [5.74, 6) is 0.981. The number of hydrogen-bond donors (Lipinski definition) is 0. The zero-order valence-corrected chi connectivity index (χ0v) is 17.5. The molecule has 2 aliphatic heterocycles. The van der Waals surface area contributed by atoms with E-state index in [4.69, 9.17) is 4.74 Å². The maximum Gasteiger partial charge on any atom is 0.142 e. The first kappa shape index (κ1) is 20.0. The average molecular weight is 392 g/mol. The summed E-state index contributed by atoms with van der Waals surface area (Å²) >= 11 is 0. The van der Waals surface area contributed by atoms with Crippen LogP contribution in [0.5, 0.6) is 5.75 Å². The van der Waals surface area contributed by atoms with Crippen LogP contribution in [0.4, 0.5) is 5.69 Å². The van der Waals surface area contributed by atoms with Crippen molar-refractivity contribution in [2.24, 2.45) is 0 Å². The van der Waals surface area contributed by atoms with Gasteiger partial charge < -0.3 is 9.64 Å². The number of piperazine rings is 1. The third-order valence-corrected chi connectivity index (χ3v) is 6.21. The number of benzene rings is 2. The molecule has 0 N–H and O–H groups in total. The van der Waals surface area contributed by atoms with Crippen molar-refractivity contribution in [3.8, 4) is 5.75 Å². The minimum atomic E-state index is 0.689. The molecule has 4 rings (SSSR count). The van der Waals surface area contributed by atoms with Crippen LogP contribution in [0, 0.1) is 0 Å². The summed E-state index contributed by atoms with van der Waals surface area (Å²) in [6.45, 7) is 7.87. The topological polar surface area (TPSA) is 19.0 Å². The molecule has 1 unspecified atom stereocenters. The fourth-order valence-electron chi connectivity index (χ4n) is 4.62. The zero-order valence-electron chi connectivity index (χ0n) is 17.5. The molecule has 0 aliphatic carbocycles. The van der Waals surface area contributed by atoms with Crippen LogP contribution < -0.4 is 9.64 Å². The average Bonchev–Trinajstić information content (AvgIpc) is 2.80. The van der Waals surface area contributed by atoms with Gasteiger partial charge in [0.1, 0.15) is 5.75 Å². The van der Waals surface area contributed by atoms with Crippen LogP contribution in [0.25, 0.3) is 6.08 Å². The highest BCUT2D eigenvalue weighted by Crippen LogP contribution is 2.29. The fraction of sp³-hybridized carbons (Fsp3) is 0.440. The van der Waals surface area contributed by atoms with Gasteiger partial charge in [0.15, 0.2) is 0 Å². The van der Waals surface area contributed by atoms with Gasteiger partial charge in [0, 0.05) is 45.3 Å². The lowest BCUT2D eigenvalue weighted by Gasteiger charge is -2.44. The normalized spacial score (nSPS) is 21.6. The first-order valence-corrected chi connectivity index (χ1v) is 10.9. The molecule has 2 aromatic rings. The molecule has 0 bridgehead atoms. The second-order valence-electron chi connectivity index (χ2n) is 8.06. The van der Waals surface area contributed by atoms with Gasteiger partial charge in [0.2, 0.25) is 0 Å². The SMILES string of the molecule is COc1ccccc1N1CCN(C2CCCN(C/C=C/c3ccccc3)C2)CC1. The van der Waals surface area contributed by atoms with Crippen LogP contribution in [-0.4, -0.2) is 68.8 Å². The number of rotatable bonds is 6. The molecule has 2 heterocycles. The number of nitrogens with zero attached hydrogens (tertiary/aromatic N) is 3. The Balaban J connectivity index is 1.28. The second kappa shape index (κ2) is 9.95. The third-order valence-electron chi connectivity index (χ3n) is 6.21. The summed E-state index contributed by atoms with van der Waals surface area (Å²) in [4.78, 5) is 7.79. The molecule has 2 aliphatic rings. The molecule has 2 saturated heterocycles. The molecule has 0 spiro atoms. The standard InChI is InChI=1S/C25H33N3O/c1-29-25-14-6-5-13-24(25)28-19-17-27(18-20-28)23-12-8-16-26(21-23)15-7-11-22-9-3-2-4-10-22/h2-7,9-11,13-14,23H,8,12,15-21H2,1H3/b11-7+. The van der Waals surface area contributed by atoms with Gasteiger partial charge in [0.05, 0.1) is 12.8 Å².